The van der Waals surface area contributed by atoms with Crippen LogP contribution in [0.25, 0.3) is 11.3 Å². The van der Waals surface area contributed by atoms with Gasteiger partial charge in [-0.15, -0.1) is 10.2 Å². The van der Waals surface area contributed by atoms with Crippen LogP contribution in [0, 0.1) is 0 Å². The summed E-state index contributed by atoms with van der Waals surface area (Å²) in [5, 5.41) is 23.2. The molecular weight excluding hydrogens is 340 g/mol. The van der Waals surface area contributed by atoms with Gasteiger partial charge in [0.2, 0.25) is 0 Å². The number of ether oxygens (including phenoxy) is 1. The van der Waals surface area contributed by atoms with Crippen LogP contribution in [0.15, 0.2) is 18.2 Å². The number of phenols is 1. The number of fused-ring (bicyclic) bond motifs is 1. The molecule has 27 heavy (non-hydrogen) atoms. The Morgan fingerprint density at radius 2 is 1.96 bits per heavy atom. The molecule has 6 nitrogen and oxygen atoms in total. The number of aromatic hydroxyl groups is 1. The first-order valence-electron chi connectivity index (χ1n) is 9.86. The first kappa shape index (κ1) is 18.0. The Morgan fingerprint density at radius 1 is 1.15 bits per heavy atom. The summed E-state index contributed by atoms with van der Waals surface area (Å²) in [5.74, 6) is 1.76. The molecule has 1 aromatic carbocycles. The first-order chi connectivity index (χ1) is 13.2. The third-order valence-corrected chi connectivity index (χ3v) is 5.71. The molecule has 2 aliphatic rings. The van der Waals surface area contributed by atoms with Crippen molar-refractivity contribution in [2.75, 3.05) is 32.6 Å². The molecule has 144 valence electrons. The molecule has 2 N–H and O–H groups in total. The molecule has 4 rings (SSSR count). The van der Waals surface area contributed by atoms with Crippen LogP contribution in [-0.4, -0.2) is 53.5 Å². The molecule has 0 saturated carbocycles. The minimum atomic E-state index is 0.186. The molecular formula is C21H28N4O2. The van der Waals surface area contributed by atoms with Crippen LogP contribution in [0.5, 0.6) is 11.5 Å². The maximum Gasteiger partial charge on any atom is 0.152 e. The third kappa shape index (κ3) is 3.72. The second-order valence-corrected chi connectivity index (χ2v) is 7.69. The molecule has 0 amide bonds. The summed E-state index contributed by atoms with van der Waals surface area (Å²) in [4.78, 5) is 2.37. The van der Waals surface area contributed by atoms with E-state index in [1.165, 1.54) is 30.4 Å². The number of likely N-dealkylation sites (tertiary alicyclic amines) is 1. The van der Waals surface area contributed by atoms with E-state index >= 15 is 0 Å². The summed E-state index contributed by atoms with van der Waals surface area (Å²) in [6.07, 6.45) is 6.69. The van der Waals surface area contributed by atoms with E-state index in [9.17, 15) is 5.11 Å². The topological polar surface area (TPSA) is 70.5 Å². The predicted molar refractivity (Wildman–Crippen MR) is 106 cm³/mol. The molecule has 1 atom stereocenters. The number of benzene rings is 1. The standard InChI is InChI=1S/C21H28N4O2/c1-25-11-5-6-14(13-25)22-21-17-8-4-3-7-16(17)20(23-24-21)18-10-9-15(27-2)12-19(18)26/h9-10,12,14,26H,3-8,11,13H2,1-2H3,(H,22,24)/t14-/m1/s1. The van der Waals surface area contributed by atoms with Gasteiger partial charge in [0.15, 0.2) is 5.82 Å². The van der Waals surface area contributed by atoms with Crippen LogP contribution in [0.4, 0.5) is 5.82 Å². The van der Waals surface area contributed by atoms with Crippen LogP contribution < -0.4 is 10.1 Å². The van der Waals surface area contributed by atoms with E-state index in [-0.39, 0.29) is 5.75 Å². The van der Waals surface area contributed by atoms with Crippen molar-refractivity contribution in [1.82, 2.24) is 15.1 Å². The number of phenolic OH excluding ortho intramolecular Hbond substituents is 1. The Labute approximate surface area is 160 Å². The second-order valence-electron chi connectivity index (χ2n) is 7.69. The monoisotopic (exact) mass is 368 g/mol. The molecule has 1 saturated heterocycles. The van der Waals surface area contributed by atoms with E-state index in [2.05, 4.69) is 27.5 Å². The van der Waals surface area contributed by atoms with Crippen LogP contribution >= 0.6 is 0 Å². The zero-order valence-corrected chi connectivity index (χ0v) is 16.2. The van der Waals surface area contributed by atoms with Crippen molar-refractivity contribution in [3.8, 4) is 22.8 Å². The quantitative estimate of drug-likeness (QED) is 0.863. The molecule has 1 aromatic heterocycles. The predicted octanol–water partition coefficient (Wildman–Crippen LogP) is 3.24. The Bertz CT molecular complexity index is 824. The normalized spacial score (nSPS) is 20.1. The van der Waals surface area contributed by atoms with Gasteiger partial charge in [-0.05, 0) is 69.8 Å². The van der Waals surface area contributed by atoms with E-state index in [1.807, 2.05) is 12.1 Å². The summed E-state index contributed by atoms with van der Waals surface area (Å²) >= 11 is 0. The number of likely N-dealkylation sites (N-methyl/N-ethyl adjacent to an activating group) is 1. The Morgan fingerprint density at radius 3 is 2.70 bits per heavy atom. The van der Waals surface area contributed by atoms with E-state index in [0.29, 0.717) is 11.8 Å². The number of methoxy groups -OCH3 is 1. The van der Waals surface area contributed by atoms with Gasteiger partial charge in [-0.25, -0.2) is 0 Å². The van der Waals surface area contributed by atoms with Crippen molar-refractivity contribution in [3.05, 3.63) is 29.3 Å². The first-order valence-corrected chi connectivity index (χ1v) is 9.86. The molecule has 0 radical (unpaired) electrons. The van der Waals surface area contributed by atoms with Crippen molar-refractivity contribution < 1.29 is 9.84 Å². The summed E-state index contributed by atoms with van der Waals surface area (Å²) in [6.45, 7) is 2.20. The highest BCUT2D eigenvalue weighted by molar-refractivity contribution is 5.73. The van der Waals surface area contributed by atoms with Gasteiger partial charge < -0.3 is 20.1 Å². The lowest BCUT2D eigenvalue weighted by Crippen LogP contribution is -2.40. The zero-order chi connectivity index (χ0) is 18.8. The Kier molecular flexibility index (Phi) is 5.16. The third-order valence-electron chi connectivity index (χ3n) is 5.71. The second kappa shape index (κ2) is 7.72. The number of aromatic nitrogens is 2. The van der Waals surface area contributed by atoms with Crippen LogP contribution in [0.1, 0.15) is 36.8 Å². The largest absolute Gasteiger partial charge is 0.507 e. The fraction of sp³-hybridized carbons (Fsp3) is 0.524. The maximum atomic E-state index is 10.5. The van der Waals surface area contributed by atoms with Gasteiger partial charge in [-0.3, -0.25) is 0 Å². The Balaban J connectivity index is 1.69. The van der Waals surface area contributed by atoms with Crippen molar-refractivity contribution in [2.24, 2.45) is 0 Å². The smallest absolute Gasteiger partial charge is 0.152 e. The highest BCUT2D eigenvalue weighted by Crippen LogP contribution is 2.38. The lowest BCUT2D eigenvalue weighted by Gasteiger charge is -2.31. The van der Waals surface area contributed by atoms with Crippen LogP contribution in [0.3, 0.4) is 0 Å². The van der Waals surface area contributed by atoms with Gasteiger partial charge in [0.05, 0.1) is 7.11 Å². The summed E-state index contributed by atoms with van der Waals surface area (Å²) in [6, 6.07) is 5.78. The molecule has 1 aliphatic heterocycles. The SMILES string of the molecule is COc1ccc(-c2nnc(N[C@@H]3CCCN(C)C3)c3c2CCCC3)c(O)c1. The van der Waals surface area contributed by atoms with Gasteiger partial charge in [-0.2, -0.15) is 0 Å². The number of nitrogens with one attached hydrogen (secondary N) is 1. The van der Waals surface area contributed by atoms with Crippen molar-refractivity contribution in [3.63, 3.8) is 0 Å². The molecule has 1 fully saturated rings. The lowest BCUT2D eigenvalue weighted by molar-refractivity contribution is 0.260. The molecule has 2 aromatic rings. The summed E-state index contributed by atoms with van der Waals surface area (Å²) in [5.41, 5.74) is 4.03. The fourth-order valence-corrected chi connectivity index (χ4v) is 4.30. The van der Waals surface area contributed by atoms with E-state index in [1.54, 1.807) is 13.2 Å². The van der Waals surface area contributed by atoms with E-state index in [4.69, 9.17) is 4.74 Å². The average molecular weight is 368 g/mol. The number of hydrogen-bond acceptors (Lipinski definition) is 6. The van der Waals surface area contributed by atoms with Crippen LogP contribution in [0.2, 0.25) is 0 Å². The highest BCUT2D eigenvalue weighted by atomic mass is 16.5. The highest BCUT2D eigenvalue weighted by Gasteiger charge is 2.24. The van der Waals surface area contributed by atoms with E-state index < -0.39 is 0 Å². The minimum absolute atomic E-state index is 0.186. The van der Waals surface area contributed by atoms with E-state index in [0.717, 1.165) is 49.4 Å². The number of piperidine rings is 1. The molecule has 2 heterocycles. The van der Waals surface area contributed by atoms with Crippen molar-refractivity contribution >= 4 is 5.82 Å². The van der Waals surface area contributed by atoms with Gasteiger partial charge in [0, 0.05) is 29.8 Å². The van der Waals surface area contributed by atoms with Gasteiger partial charge in [0.25, 0.3) is 0 Å². The lowest BCUT2D eigenvalue weighted by atomic mass is 9.89. The van der Waals surface area contributed by atoms with Gasteiger partial charge >= 0.3 is 0 Å². The maximum absolute atomic E-state index is 10.5. The summed E-state index contributed by atoms with van der Waals surface area (Å²) < 4.78 is 5.20. The van der Waals surface area contributed by atoms with Gasteiger partial charge in [-0.1, -0.05) is 0 Å². The van der Waals surface area contributed by atoms with Crippen molar-refractivity contribution in [1.29, 1.82) is 0 Å². The molecule has 6 heteroatoms. The number of hydrogen-bond donors (Lipinski definition) is 2. The van der Waals surface area contributed by atoms with Crippen LogP contribution in [-0.2, 0) is 12.8 Å². The number of anilines is 1. The van der Waals surface area contributed by atoms with Crippen molar-refractivity contribution in [2.45, 2.75) is 44.6 Å². The number of nitrogens with zero attached hydrogens (tertiary/aromatic N) is 3. The average Bonchev–Trinajstić information content (AvgIpc) is 2.68. The molecule has 1 aliphatic carbocycles. The van der Waals surface area contributed by atoms with Gasteiger partial charge in [0.1, 0.15) is 17.2 Å². The molecule has 0 spiro atoms. The molecule has 0 bridgehead atoms. The number of rotatable bonds is 4. The Hall–Kier alpha value is -2.34. The summed E-state index contributed by atoms with van der Waals surface area (Å²) in [7, 11) is 3.77. The minimum Gasteiger partial charge on any atom is -0.507 e. The zero-order valence-electron chi connectivity index (χ0n) is 16.2. The fourth-order valence-electron chi connectivity index (χ4n) is 4.30. The molecule has 0 unspecified atom stereocenters.